The number of benzene rings is 1. The van der Waals surface area contributed by atoms with Crippen LogP contribution < -0.4 is 5.32 Å². The number of methoxy groups -OCH3 is 1. The normalized spacial score (nSPS) is 11.3. The van der Waals surface area contributed by atoms with E-state index in [-0.39, 0.29) is 6.54 Å². The number of hydrogen-bond donors (Lipinski definition) is 1. The molecule has 6 heteroatoms. The molecular weight excluding hydrogens is 259 g/mol. The molecule has 0 amide bonds. The highest BCUT2D eigenvalue weighted by atomic mass is 19.1. The van der Waals surface area contributed by atoms with Gasteiger partial charge in [-0.1, -0.05) is 13.0 Å². The highest BCUT2D eigenvalue weighted by Crippen LogP contribution is 2.20. The highest BCUT2D eigenvalue weighted by molar-refractivity contribution is 5.88. The van der Waals surface area contributed by atoms with E-state index in [1.54, 1.807) is 6.92 Å². The Balaban J connectivity index is 2.77. The molecule has 104 valence electrons. The van der Waals surface area contributed by atoms with Crippen molar-refractivity contribution >= 4 is 11.7 Å². The second-order valence-electron chi connectivity index (χ2n) is 3.70. The quantitative estimate of drug-likeness (QED) is 0.662. The maximum Gasteiger partial charge on any atom is 0.333 e. The first-order valence-corrected chi connectivity index (χ1v) is 5.65. The first-order valence-electron chi connectivity index (χ1n) is 5.65. The minimum Gasteiger partial charge on any atom is -0.466 e. The summed E-state index contributed by atoms with van der Waals surface area (Å²) in [5.41, 5.74) is -0.0455. The lowest BCUT2D eigenvalue weighted by Gasteiger charge is -2.08. The van der Waals surface area contributed by atoms with Crippen LogP contribution in [0.25, 0.3) is 0 Å². The Morgan fingerprint density at radius 1 is 1.32 bits per heavy atom. The molecule has 0 aromatic heterocycles. The topological polar surface area (TPSA) is 38.3 Å². The molecule has 0 aliphatic heterocycles. The highest BCUT2D eigenvalue weighted by Gasteiger charge is 2.11. The monoisotopic (exact) mass is 273 g/mol. The van der Waals surface area contributed by atoms with Gasteiger partial charge in [0, 0.05) is 24.3 Å². The Bertz CT molecular complexity index is 478. The van der Waals surface area contributed by atoms with Crippen molar-refractivity contribution in [2.45, 2.75) is 13.3 Å². The molecule has 1 aromatic rings. The van der Waals surface area contributed by atoms with Crippen molar-refractivity contribution in [3.63, 3.8) is 0 Å². The van der Waals surface area contributed by atoms with Crippen LogP contribution in [0, 0.1) is 17.5 Å². The third-order valence-electron chi connectivity index (χ3n) is 2.46. The lowest BCUT2D eigenvalue weighted by molar-refractivity contribution is -0.136. The molecule has 19 heavy (non-hydrogen) atoms. The molecule has 0 spiro atoms. The van der Waals surface area contributed by atoms with Crippen molar-refractivity contribution in [1.29, 1.82) is 0 Å². The second kappa shape index (κ2) is 6.82. The molecular formula is C13H14F3NO2. The van der Waals surface area contributed by atoms with Crippen LogP contribution in [0.15, 0.2) is 23.8 Å². The summed E-state index contributed by atoms with van der Waals surface area (Å²) < 4.78 is 43.8. The molecule has 0 radical (unpaired) electrons. The Labute approximate surface area is 109 Å². The van der Waals surface area contributed by atoms with Crippen LogP contribution in [-0.2, 0) is 9.53 Å². The number of halogens is 3. The van der Waals surface area contributed by atoms with E-state index in [1.165, 1.54) is 13.2 Å². The molecule has 0 unspecified atom stereocenters. The summed E-state index contributed by atoms with van der Waals surface area (Å²) in [6.45, 7) is 1.78. The first-order chi connectivity index (χ1) is 8.99. The zero-order valence-electron chi connectivity index (χ0n) is 10.6. The number of anilines is 1. The van der Waals surface area contributed by atoms with Gasteiger partial charge in [0.05, 0.1) is 7.11 Å². The maximum atomic E-state index is 13.3. The average molecular weight is 273 g/mol. The van der Waals surface area contributed by atoms with Gasteiger partial charge in [-0.25, -0.2) is 18.0 Å². The zero-order valence-corrected chi connectivity index (χ0v) is 10.6. The summed E-state index contributed by atoms with van der Waals surface area (Å²) in [5, 5.41) is 2.45. The number of carbonyl (C=O) groups is 1. The molecule has 3 nitrogen and oxygen atoms in total. The fourth-order valence-electron chi connectivity index (χ4n) is 1.49. The van der Waals surface area contributed by atoms with Crippen LogP contribution >= 0.6 is 0 Å². The predicted octanol–water partition coefficient (Wildman–Crippen LogP) is 3.03. The summed E-state index contributed by atoms with van der Waals surface area (Å²) in [6.07, 6.45) is 1.90. The fourth-order valence-corrected chi connectivity index (χ4v) is 1.49. The lowest BCUT2D eigenvalue weighted by Crippen LogP contribution is -2.09. The SMILES string of the molecule is CCC(=CCNc1c(F)cc(F)cc1F)C(=O)OC. The summed E-state index contributed by atoms with van der Waals surface area (Å²) in [5.74, 6) is -3.53. The maximum absolute atomic E-state index is 13.3. The van der Waals surface area contributed by atoms with Gasteiger partial charge in [-0.3, -0.25) is 0 Å². The lowest BCUT2D eigenvalue weighted by atomic mass is 10.2. The van der Waals surface area contributed by atoms with Crippen LogP contribution in [0.3, 0.4) is 0 Å². The van der Waals surface area contributed by atoms with Crippen LogP contribution in [-0.4, -0.2) is 19.6 Å². The van der Waals surface area contributed by atoms with Gasteiger partial charge in [-0.05, 0) is 6.42 Å². The molecule has 0 atom stereocenters. The Morgan fingerprint density at radius 2 is 1.89 bits per heavy atom. The second-order valence-corrected chi connectivity index (χ2v) is 3.70. The molecule has 0 heterocycles. The van der Waals surface area contributed by atoms with Gasteiger partial charge in [-0.15, -0.1) is 0 Å². The van der Waals surface area contributed by atoms with Gasteiger partial charge in [0.15, 0.2) is 11.6 Å². The van der Waals surface area contributed by atoms with Crippen molar-refractivity contribution in [2.24, 2.45) is 0 Å². The molecule has 1 aromatic carbocycles. The van der Waals surface area contributed by atoms with Crippen molar-refractivity contribution in [3.05, 3.63) is 41.2 Å². The van der Waals surface area contributed by atoms with E-state index < -0.39 is 29.1 Å². The van der Waals surface area contributed by atoms with E-state index in [0.29, 0.717) is 24.1 Å². The molecule has 0 fully saturated rings. The fraction of sp³-hybridized carbons (Fsp3) is 0.308. The smallest absolute Gasteiger partial charge is 0.333 e. The summed E-state index contributed by atoms with van der Waals surface area (Å²) in [4.78, 5) is 11.2. The van der Waals surface area contributed by atoms with Crippen molar-refractivity contribution < 1.29 is 22.7 Å². The number of ether oxygens (including phenoxy) is 1. The Morgan fingerprint density at radius 3 is 2.37 bits per heavy atom. The average Bonchev–Trinajstić information content (AvgIpc) is 2.36. The van der Waals surface area contributed by atoms with Gasteiger partial charge in [-0.2, -0.15) is 0 Å². The van der Waals surface area contributed by atoms with E-state index in [9.17, 15) is 18.0 Å². The molecule has 0 aliphatic rings. The van der Waals surface area contributed by atoms with E-state index in [0.717, 1.165) is 0 Å². The molecule has 1 N–H and O–H groups in total. The minimum absolute atomic E-state index is 0.0255. The molecule has 0 saturated carbocycles. The van der Waals surface area contributed by atoms with E-state index >= 15 is 0 Å². The van der Waals surface area contributed by atoms with Crippen LogP contribution in [0.5, 0.6) is 0 Å². The van der Waals surface area contributed by atoms with Gasteiger partial charge in [0.25, 0.3) is 0 Å². The first kappa shape index (κ1) is 15.1. The third kappa shape index (κ3) is 4.01. The standard InChI is InChI=1S/C13H14F3NO2/c1-3-8(13(18)19-2)4-5-17-12-10(15)6-9(14)7-11(12)16/h4,6-7,17H,3,5H2,1-2H3. The van der Waals surface area contributed by atoms with Crippen molar-refractivity contribution in [1.82, 2.24) is 0 Å². The van der Waals surface area contributed by atoms with Crippen LogP contribution in [0.4, 0.5) is 18.9 Å². The Hall–Kier alpha value is -1.98. The third-order valence-corrected chi connectivity index (χ3v) is 2.46. The van der Waals surface area contributed by atoms with E-state index in [2.05, 4.69) is 10.1 Å². The van der Waals surface area contributed by atoms with Crippen molar-refractivity contribution in [2.75, 3.05) is 19.0 Å². The van der Waals surface area contributed by atoms with Crippen LogP contribution in [0.2, 0.25) is 0 Å². The van der Waals surface area contributed by atoms with Gasteiger partial charge in [0.1, 0.15) is 11.5 Å². The number of nitrogens with one attached hydrogen (secondary N) is 1. The van der Waals surface area contributed by atoms with E-state index in [4.69, 9.17) is 0 Å². The molecule has 0 aliphatic carbocycles. The molecule has 0 saturated heterocycles. The molecule has 0 bridgehead atoms. The number of rotatable bonds is 5. The van der Waals surface area contributed by atoms with Crippen LogP contribution in [0.1, 0.15) is 13.3 Å². The number of carbonyl (C=O) groups excluding carboxylic acids is 1. The Kier molecular flexibility index (Phi) is 5.41. The minimum atomic E-state index is -1.03. The van der Waals surface area contributed by atoms with Gasteiger partial charge < -0.3 is 10.1 Å². The summed E-state index contributed by atoms with van der Waals surface area (Å²) in [7, 11) is 1.25. The van der Waals surface area contributed by atoms with Crippen molar-refractivity contribution in [3.8, 4) is 0 Å². The predicted molar refractivity (Wildman–Crippen MR) is 65.2 cm³/mol. The van der Waals surface area contributed by atoms with E-state index in [1.807, 2.05) is 0 Å². The largest absolute Gasteiger partial charge is 0.466 e. The number of hydrogen-bond acceptors (Lipinski definition) is 3. The number of esters is 1. The summed E-state index contributed by atoms with van der Waals surface area (Å²) in [6, 6.07) is 1.16. The molecule has 1 rings (SSSR count). The summed E-state index contributed by atoms with van der Waals surface area (Å²) >= 11 is 0. The zero-order chi connectivity index (χ0) is 14.4. The van der Waals surface area contributed by atoms with Gasteiger partial charge in [0.2, 0.25) is 0 Å². The van der Waals surface area contributed by atoms with Gasteiger partial charge >= 0.3 is 5.97 Å².